The Balaban J connectivity index is 1.96. The Labute approximate surface area is 116 Å². The smallest absolute Gasteiger partial charge is 0.337 e. The molecule has 6 heteroatoms. The summed E-state index contributed by atoms with van der Waals surface area (Å²) >= 11 is 0. The van der Waals surface area contributed by atoms with Gasteiger partial charge in [0.2, 0.25) is 0 Å². The van der Waals surface area contributed by atoms with Crippen LogP contribution in [0.3, 0.4) is 0 Å². The lowest BCUT2D eigenvalue weighted by molar-refractivity contribution is 0.0600. The van der Waals surface area contributed by atoms with Gasteiger partial charge in [0.15, 0.2) is 0 Å². The molecule has 1 amide bonds. The number of aromatic amines is 1. The van der Waals surface area contributed by atoms with E-state index in [1.807, 2.05) is 0 Å². The van der Waals surface area contributed by atoms with Gasteiger partial charge in [0.1, 0.15) is 0 Å². The number of H-pyrrole nitrogens is 1. The second-order valence-corrected chi connectivity index (χ2v) is 4.28. The molecule has 2 N–H and O–H groups in total. The quantitative estimate of drug-likeness (QED) is 0.825. The summed E-state index contributed by atoms with van der Waals surface area (Å²) in [5.74, 6) is -0.567. The number of nitrogens with zero attached hydrogens (tertiary/aromatic N) is 1. The van der Waals surface area contributed by atoms with E-state index < -0.39 is 0 Å². The predicted molar refractivity (Wildman–Crippen MR) is 72.3 cm³/mol. The number of benzene rings is 1. The largest absolute Gasteiger partial charge is 0.465 e. The zero-order valence-electron chi connectivity index (χ0n) is 11.3. The number of hydrogen-bond acceptors (Lipinski definition) is 4. The standard InChI is InChI=1S/C14H15N3O3/c1-9-12(8-16-17-9)13(18)15-7-10-3-5-11(6-4-10)14(19)20-2/h3-6,8H,7H2,1-2H3,(H,15,18)(H,16,17). The molecule has 6 nitrogen and oxygen atoms in total. The topological polar surface area (TPSA) is 84.1 Å². The molecule has 1 heterocycles. The van der Waals surface area contributed by atoms with E-state index >= 15 is 0 Å². The molecule has 2 aromatic rings. The van der Waals surface area contributed by atoms with Gasteiger partial charge in [0.25, 0.3) is 5.91 Å². The van der Waals surface area contributed by atoms with Gasteiger partial charge in [-0.25, -0.2) is 4.79 Å². The SMILES string of the molecule is COC(=O)c1ccc(CNC(=O)c2cn[nH]c2C)cc1. The first-order valence-corrected chi connectivity index (χ1v) is 6.07. The summed E-state index contributed by atoms with van der Waals surface area (Å²) in [6.45, 7) is 2.16. The summed E-state index contributed by atoms with van der Waals surface area (Å²) in [6, 6.07) is 6.87. The number of ether oxygens (including phenoxy) is 1. The molecule has 0 aliphatic rings. The Morgan fingerprint density at radius 1 is 1.30 bits per heavy atom. The van der Waals surface area contributed by atoms with Gasteiger partial charge in [0, 0.05) is 12.2 Å². The maximum Gasteiger partial charge on any atom is 0.337 e. The molecule has 0 bridgehead atoms. The van der Waals surface area contributed by atoms with E-state index in [1.165, 1.54) is 13.3 Å². The number of hydrogen-bond donors (Lipinski definition) is 2. The van der Waals surface area contributed by atoms with E-state index in [0.717, 1.165) is 11.3 Å². The first kappa shape index (κ1) is 13.8. The molecule has 0 fully saturated rings. The molecule has 0 radical (unpaired) electrons. The number of amides is 1. The predicted octanol–water partition coefficient (Wildman–Crippen LogP) is 1.43. The molecular formula is C14H15N3O3. The third-order valence-electron chi connectivity index (χ3n) is 2.90. The van der Waals surface area contributed by atoms with E-state index in [2.05, 4.69) is 20.3 Å². The van der Waals surface area contributed by atoms with Crippen LogP contribution in [0.5, 0.6) is 0 Å². The van der Waals surface area contributed by atoms with E-state index in [9.17, 15) is 9.59 Å². The number of carbonyl (C=O) groups excluding carboxylic acids is 2. The first-order chi connectivity index (χ1) is 9.61. The van der Waals surface area contributed by atoms with E-state index in [1.54, 1.807) is 31.2 Å². The van der Waals surface area contributed by atoms with Gasteiger partial charge < -0.3 is 10.1 Å². The minimum absolute atomic E-state index is 0.187. The lowest BCUT2D eigenvalue weighted by Crippen LogP contribution is -2.23. The number of methoxy groups -OCH3 is 1. The molecule has 0 spiro atoms. The van der Waals surface area contributed by atoms with Crippen molar-refractivity contribution in [1.82, 2.24) is 15.5 Å². The average molecular weight is 273 g/mol. The molecule has 0 saturated heterocycles. The van der Waals surface area contributed by atoms with Crippen molar-refractivity contribution >= 4 is 11.9 Å². The maximum absolute atomic E-state index is 11.9. The monoisotopic (exact) mass is 273 g/mol. The van der Waals surface area contributed by atoms with Crippen molar-refractivity contribution in [2.24, 2.45) is 0 Å². The van der Waals surface area contributed by atoms with Crippen molar-refractivity contribution in [3.63, 3.8) is 0 Å². The Morgan fingerprint density at radius 2 is 2.00 bits per heavy atom. The van der Waals surface area contributed by atoms with Crippen LogP contribution < -0.4 is 5.32 Å². The average Bonchev–Trinajstić information content (AvgIpc) is 2.90. The Hall–Kier alpha value is -2.63. The molecule has 2 rings (SSSR count). The molecule has 104 valence electrons. The van der Waals surface area contributed by atoms with Gasteiger partial charge in [-0.15, -0.1) is 0 Å². The minimum Gasteiger partial charge on any atom is -0.465 e. The molecule has 0 unspecified atom stereocenters. The highest BCUT2D eigenvalue weighted by Gasteiger charge is 2.10. The fraction of sp³-hybridized carbons (Fsp3) is 0.214. The van der Waals surface area contributed by atoms with Crippen molar-refractivity contribution in [3.05, 3.63) is 52.8 Å². The minimum atomic E-state index is -0.380. The normalized spacial score (nSPS) is 10.1. The summed E-state index contributed by atoms with van der Waals surface area (Å²) in [6.07, 6.45) is 1.49. The fourth-order valence-electron chi connectivity index (χ4n) is 1.73. The highest BCUT2D eigenvalue weighted by molar-refractivity contribution is 5.94. The first-order valence-electron chi connectivity index (χ1n) is 6.07. The lowest BCUT2D eigenvalue weighted by atomic mass is 10.1. The van der Waals surface area contributed by atoms with Gasteiger partial charge in [-0.2, -0.15) is 5.10 Å². The second-order valence-electron chi connectivity index (χ2n) is 4.28. The van der Waals surface area contributed by atoms with Crippen molar-refractivity contribution in [1.29, 1.82) is 0 Å². The molecule has 0 aliphatic carbocycles. The van der Waals surface area contributed by atoms with E-state index in [-0.39, 0.29) is 11.9 Å². The van der Waals surface area contributed by atoms with Gasteiger partial charge >= 0.3 is 5.97 Å². The second kappa shape index (κ2) is 6.01. The lowest BCUT2D eigenvalue weighted by Gasteiger charge is -2.05. The molecule has 1 aromatic heterocycles. The maximum atomic E-state index is 11.9. The van der Waals surface area contributed by atoms with Gasteiger partial charge in [-0.05, 0) is 24.6 Å². The molecule has 0 saturated carbocycles. The van der Waals surface area contributed by atoms with Crippen molar-refractivity contribution < 1.29 is 14.3 Å². The Morgan fingerprint density at radius 3 is 2.55 bits per heavy atom. The van der Waals surface area contributed by atoms with Crippen LogP contribution in [0.4, 0.5) is 0 Å². The molecule has 0 atom stereocenters. The third-order valence-corrected chi connectivity index (χ3v) is 2.90. The van der Waals surface area contributed by atoms with Crippen LogP contribution in [-0.4, -0.2) is 29.2 Å². The number of aryl methyl sites for hydroxylation is 1. The van der Waals surface area contributed by atoms with Crippen LogP contribution in [0, 0.1) is 6.92 Å². The summed E-state index contributed by atoms with van der Waals surface area (Å²) in [7, 11) is 1.34. The molecule has 0 aliphatic heterocycles. The van der Waals surface area contributed by atoms with Gasteiger partial charge in [-0.3, -0.25) is 9.89 Å². The Kier molecular flexibility index (Phi) is 4.14. The summed E-state index contributed by atoms with van der Waals surface area (Å²) in [5.41, 5.74) is 2.63. The molecule has 20 heavy (non-hydrogen) atoms. The van der Waals surface area contributed by atoms with Crippen LogP contribution in [-0.2, 0) is 11.3 Å². The number of nitrogens with one attached hydrogen (secondary N) is 2. The van der Waals surface area contributed by atoms with E-state index in [4.69, 9.17) is 0 Å². The zero-order valence-corrected chi connectivity index (χ0v) is 11.3. The molecular weight excluding hydrogens is 258 g/mol. The van der Waals surface area contributed by atoms with Crippen molar-refractivity contribution in [2.45, 2.75) is 13.5 Å². The van der Waals surface area contributed by atoms with Crippen LogP contribution in [0.1, 0.15) is 32.0 Å². The van der Waals surface area contributed by atoms with Crippen LogP contribution >= 0.6 is 0 Å². The summed E-state index contributed by atoms with van der Waals surface area (Å²) < 4.78 is 4.62. The summed E-state index contributed by atoms with van der Waals surface area (Å²) in [4.78, 5) is 23.2. The highest BCUT2D eigenvalue weighted by Crippen LogP contribution is 2.07. The number of esters is 1. The van der Waals surface area contributed by atoms with Crippen LogP contribution in [0.25, 0.3) is 0 Å². The van der Waals surface area contributed by atoms with Crippen LogP contribution in [0.2, 0.25) is 0 Å². The van der Waals surface area contributed by atoms with Gasteiger partial charge in [-0.1, -0.05) is 12.1 Å². The van der Waals surface area contributed by atoms with Gasteiger partial charge in [0.05, 0.1) is 24.4 Å². The Bertz CT molecular complexity index is 617. The summed E-state index contributed by atoms with van der Waals surface area (Å²) in [5, 5.41) is 9.30. The number of carbonyl (C=O) groups is 2. The van der Waals surface area contributed by atoms with Crippen molar-refractivity contribution in [2.75, 3.05) is 7.11 Å². The third kappa shape index (κ3) is 3.03. The fourth-order valence-corrected chi connectivity index (χ4v) is 1.73. The number of aromatic nitrogens is 2. The highest BCUT2D eigenvalue weighted by atomic mass is 16.5. The zero-order chi connectivity index (χ0) is 14.5. The number of rotatable bonds is 4. The van der Waals surface area contributed by atoms with Crippen molar-refractivity contribution in [3.8, 4) is 0 Å². The van der Waals surface area contributed by atoms with Crippen LogP contribution in [0.15, 0.2) is 30.5 Å². The van der Waals surface area contributed by atoms with E-state index in [0.29, 0.717) is 17.7 Å². The molecule has 1 aromatic carbocycles.